The van der Waals surface area contributed by atoms with E-state index in [2.05, 4.69) is 19.8 Å². The highest BCUT2D eigenvalue weighted by atomic mass is 32.2. The Bertz CT molecular complexity index is 1080. The summed E-state index contributed by atoms with van der Waals surface area (Å²) in [6.45, 7) is 1.91. The van der Waals surface area contributed by atoms with Crippen molar-refractivity contribution in [3.63, 3.8) is 0 Å². The summed E-state index contributed by atoms with van der Waals surface area (Å²) in [5.41, 5.74) is 1.07. The molecule has 2 heterocycles. The fourth-order valence-corrected chi connectivity index (χ4v) is 7.48. The highest BCUT2D eigenvalue weighted by molar-refractivity contribution is 7.90. The molecule has 1 aromatic carbocycles. The number of hydrogen-bond acceptors (Lipinski definition) is 6. The summed E-state index contributed by atoms with van der Waals surface area (Å²) in [6.07, 6.45) is 8.82. The Kier molecular flexibility index (Phi) is 7.65. The molecule has 9 heteroatoms. The summed E-state index contributed by atoms with van der Waals surface area (Å²) in [4.78, 5) is 2.18. The van der Waals surface area contributed by atoms with Gasteiger partial charge in [0.15, 0.2) is 5.82 Å². The highest BCUT2D eigenvalue weighted by Crippen LogP contribution is 2.35. The molecule has 0 bridgehead atoms. The second-order valence-electron chi connectivity index (χ2n) is 10.3. The SMILES string of the molecule is O=S(=O)(N[C@H]1CCN(c2cccnn2)CC1COC1CCC(c2cccc(F)c2)CC1)C1CCC1. The second-order valence-corrected chi connectivity index (χ2v) is 12.3. The van der Waals surface area contributed by atoms with Crippen LogP contribution in [0.2, 0.25) is 0 Å². The van der Waals surface area contributed by atoms with Gasteiger partial charge in [-0.2, -0.15) is 5.10 Å². The van der Waals surface area contributed by atoms with Crippen molar-refractivity contribution in [1.29, 1.82) is 0 Å². The van der Waals surface area contributed by atoms with Gasteiger partial charge < -0.3 is 9.64 Å². The fraction of sp³-hybridized carbons (Fsp3) is 0.615. The summed E-state index contributed by atoms with van der Waals surface area (Å²) >= 11 is 0. The molecule has 1 aromatic heterocycles. The third kappa shape index (κ3) is 6.01. The number of sulfonamides is 1. The fourth-order valence-electron chi connectivity index (χ4n) is 5.60. The summed E-state index contributed by atoms with van der Waals surface area (Å²) in [5.74, 6) is 1.03. The molecule has 5 rings (SSSR count). The predicted molar refractivity (Wildman–Crippen MR) is 133 cm³/mol. The van der Waals surface area contributed by atoms with Gasteiger partial charge in [-0.15, -0.1) is 5.10 Å². The average Bonchev–Trinajstić information content (AvgIpc) is 2.83. The number of hydrogen-bond donors (Lipinski definition) is 1. The van der Waals surface area contributed by atoms with Crippen LogP contribution in [0, 0.1) is 11.7 Å². The Morgan fingerprint density at radius 1 is 1.06 bits per heavy atom. The van der Waals surface area contributed by atoms with Crippen LogP contribution in [0.15, 0.2) is 42.6 Å². The summed E-state index contributed by atoms with van der Waals surface area (Å²) < 4.78 is 48.8. The largest absolute Gasteiger partial charge is 0.378 e. The molecule has 190 valence electrons. The van der Waals surface area contributed by atoms with Crippen LogP contribution in [0.3, 0.4) is 0 Å². The van der Waals surface area contributed by atoms with Crippen LogP contribution in [-0.2, 0) is 14.8 Å². The minimum absolute atomic E-state index is 0.0292. The third-order valence-electron chi connectivity index (χ3n) is 7.96. The quantitative estimate of drug-likeness (QED) is 0.587. The van der Waals surface area contributed by atoms with E-state index in [1.54, 1.807) is 18.3 Å². The molecular weight excluding hydrogens is 467 g/mol. The topological polar surface area (TPSA) is 84.4 Å². The molecule has 1 aliphatic heterocycles. The molecule has 2 aliphatic carbocycles. The molecule has 35 heavy (non-hydrogen) atoms. The number of ether oxygens (including phenoxy) is 1. The van der Waals surface area contributed by atoms with Crippen molar-refractivity contribution >= 4 is 15.8 Å². The maximum atomic E-state index is 13.6. The van der Waals surface area contributed by atoms with E-state index in [-0.39, 0.29) is 29.1 Å². The van der Waals surface area contributed by atoms with Gasteiger partial charge in [0, 0.05) is 31.2 Å². The van der Waals surface area contributed by atoms with Crippen LogP contribution < -0.4 is 9.62 Å². The Morgan fingerprint density at radius 2 is 1.89 bits per heavy atom. The summed E-state index contributed by atoms with van der Waals surface area (Å²) in [5, 5.41) is 8.00. The lowest BCUT2D eigenvalue weighted by molar-refractivity contribution is -0.00220. The number of piperidine rings is 1. The van der Waals surface area contributed by atoms with Crippen LogP contribution in [0.5, 0.6) is 0 Å². The third-order valence-corrected chi connectivity index (χ3v) is 9.94. The first kappa shape index (κ1) is 24.6. The number of nitrogens with zero attached hydrogens (tertiary/aromatic N) is 3. The number of nitrogens with one attached hydrogen (secondary N) is 1. The lowest BCUT2D eigenvalue weighted by Gasteiger charge is -2.41. The first-order chi connectivity index (χ1) is 17.0. The van der Waals surface area contributed by atoms with E-state index < -0.39 is 10.0 Å². The summed E-state index contributed by atoms with van der Waals surface area (Å²) in [6, 6.07) is 10.6. The summed E-state index contributed by atoms with van der Waals surface area (Å²) in [7, 11) is -3.31. The van der Waals surface area contributed by atoms with Gasteiger partial charge in [-0.25, -0.2) is 17.5 Å². The van der Waals surface area contributed by atoms with Gasteiger partial charge >= 0.3 is 0 Å². The van der Waals surface area contributed by atoms with Gasteiger partial charge in [0.1, 0.15) is 5.82 Å². The van der Waals surface area contributed by atoms with Crippen molar-refractivity contribution in [2.75, 3.05) is 24.6 Å². The van der Waals surface area contributed by atoms with Gasteiger partial charge in [0.05, 0.1) is 18.0 Å². The van der Waals surface area contributed by atoms with Crippen molar-refractivity contribution in [3.05, 3.63) is 54.0 Å². The van der Waals surface area contributed by atoms with Gasteiger partial charge in [0.25, 0.3) is 0 Å². The smallest absolute Gasteiger partial charge is 0.214 e. The number of rotatable bonds is 8. The zero-order valence-electron chi connectivity index (χ0n) is 20.1. The number of benzene rings is 1. The minimum Gasteiger partial charge on any atom is -0.378 e. The monoisotopic (exact) mass is 502 g/mol. The van der Waals surface area contributed by atoms with Crippen molar-refractivity contribution in [3.8, 4) is 0 Å². The van der Waals surface area contributed by atoms with Crippen molar-refractivity contribution in [1.82, 2.24) is 14.9 Å². The lowest BCUT2D eigenvalue weighted by atomic mass is 9.82. The van der Waals surface area contributed by atoms with Gasteiger partial charge in [0.2, 0.25) is 10.0 Å². The van der Waals surface area contributed by atoms with E-state index in [0.29, 0.717) is 25.5 Å². The molecular formula is C26H35FN4O3S. The van der Waals surface area contributed by atoms with Crippen LogP contribution >= 0.6 is 0 Å². The Hall–Kier alpha value is -2.10. The minimum atomic E-state index is -3.31. The lowest BCUT2D eigenvalue weighted by Crippen LogP contribution is -2.55. The Morgan fingerprint density at radius 3 is 2.57 bits per heavy atom. The predicted octanol–water partition coefficient (Wildman–Crippen LogP) is 4.03. The zero-order valence-corrected chi connectivity index (χ0v) is 20.9. The number of halogens is 1. The highest BCUT2D eigenvalue weighted by Gasteiger charge is 2.38. The molecule has 2 atom stereocenters. The van der Waals surface area contributed by atoms with Crippen LogP contribution in [-0.4, -0.2) is 55.7 Å². The van der Waals surface area contributed by atoms with Crippen LogP contribution in [0.1, 0.15) is 62.8 Å². The van der Waals surface area contributed by atoms with Crippen molar-refractivity contribution < 1.29 is 17.5 Å². The standard InChI is InChI=1S/C26H35FN4O3S/c27-22-5-1-4-20(16-22)19-9-11-23(12-10-19)34-18-21-17-31(26-8-3-14-28-29-26)15-13-25(21)30-35(32,33)24-6-2-7-24/h1,3-5,8,14,16,19,21,23-25,30H,2,6-7,9-13,15,17-18H2/t19?,21?,23?,25-/m0/s1. The maximum absolute atomic E-state index is 13.6. The van der Waals surface area contributed by atoms with Crippen molar-refractivity contribution in [2.24, 2.45) is 5.92 Å². The van der Waals surface area contributed by atoms with E-state index in [1.165, 1.54) is 6.07 Å². The van der Waals surface area contributed by atoms with Crippen molar-refractivity contribution in [2.45, 2.75) is 74.7 Å². The normalized spacial score (nSPS) is 28.0. The molecule has 3 aliphatic rings. The van der Waals surface area contributed by atoms with Gasteiger partial charge in [-0.1, -0.05) is 18.6 Å². The molecule has 3 fully saturated rings. The Balaban J connectivity index is 1.20. The van der Waals surface area contributed by atoms with E-state index >= 15 is 0 Å². The van der Waals surface area contributed by atoms with Crippen LogP contribution in [0.4, 0.5) is 10.2 Å². The zero-order chi connectivity index (χ0) is 24.3. The molecule has 1 saturated heterocycles. The molecule has 0 radical (unpaired) electrons. The van der Waals surface area contributed by atoms with Gasteiger partial charge in [-0.05, 0) is 80.7 Å². The number of anilines is 1. The molecule has 2 saturated carbocycles. The Labute approximate surface area is 207 Å². The molecule has 0 spiro atoms. The van der Waals surface area contributed by atoms with E-state index in [0.717, 1.165) is 62.9 Å². The first-order valence-corrected chi connectivity index (χ1v) is 14.4. The molecule has 1 unspecified atom stereocenters. The average molecular weight is 503 g/mol. The molecule has 2 aromatic rings. The molecule has 7 nitrogen and oxygen atoms in total. The van der Waals surface area contributed by atoms with Gasteiger partial charge in [-0.3, -0.25) is 0 Å². The van der Waals surface area contributed by atoms with E-state index in [9.17, 15) is 12.8 Å². The van der Waals surface area contributed by atoms with E-state index in [4.69, 9.17) is 4.74 Å². The van der Waals surface area contributed by atoms with E-state index in [1.807, 2.05) is 18.2 Å². The second kappa shape index (κ2) is 10.9. The molecule has 1 N–H and O–H groups in total. The van der Waals surface area contributed by atoms with Crippen LogP contribution in [0.25, 0.3) is 0 Å². The first-order valence-electron chi connectivity index (χ1n) is 12.9. The molecule has 0 amide bonds. The number of aromatic nitrogens is 2. The maximum Gasteiger partial charge on any atom is 0.214 e.